The molecular formula is C16H21NO2. The van der Waals surface area contributed by atoms with Crippen molar-refractivity contribution in [3.05, 3.63) is 41.1 Å². The van der Waals surface area contributed by atoms with Crippen LogP contribution in [0.5, 0.6) is 5.75 Å². The maximum atomic E-state index is 12.5. The highest BCUT2D eigenvalue weighted by Gasteiger charge is 2.14. The van der Waals surface area contributed by atoms with Gasteiger partial charge in [-0.3, -0.25) is 0 Å². The molecule has 2 rings (SSSR count). The Morgan fingerprint density at radius 3 is 2.74 bits per heavy atom. The van der Waals surface area contributed by atoms with Crippen LogP contribution in [-0.4, -0.2) is 5.11 Å². The molecule has 1 heterocycles. The maximum absolute atomic E-state index is 12.5. The zero-order chi connectivity index (χ0) is 17.1. The molecule has 3 nitrogen and oxygen atoms in total. The Morgan fingerprint density at radius 2 is 1.95 bits per heavy atom. The van der Waals surface area contributed by atoms with E-state index in [2.05, 4.69) is 6.92 Å². The van der Waals surface area contributed by atoms with E-state index in [-0.39, 0.29) is 16.7 Å². The van der Waals surface area contributed by atoms with Crippen LogP contribution in [0.3, 0.4) is 0 Å². The van der Waals surface area contributed by atoms with Gasteiger partial charge in [-0.2, -0.15) is 4.73 Å². The van der Waals surface area contributed by atoms with E-state index < -0.39 is 24.2 Å². The monoisotopic (exact) mass is 263 g/mol. The summed E-state index contributed by atoms with van der Waals surface area (Å²) in [7, 11) is 0. The third kappa shape index (κ3) is 3.16. The molecule has 1 N–H and O–H groups in total. The van der Waals surface area contributed by atoms with Crippen molar-refractivity contribution in [2.75, 3.05) is 0 Å². The fourth-order valence-electron chi connectivity index (χ4n) is 2.16. The molecule has 0 saturated heterocycles. The highest BCUT2D eigenvalue weighted by molar-refractivity contribution is 5.82. The molecule has 0 radical (unpaired) electrons. The molecule has 1 aromatic carbocycles. The molecule has 19 heavy (non-hydrogen) atoms. The average Bonchev–Trinajstić information content (AvgIpc) is 2.53. The van der Waals surface area contributed by atoms with Crippen LogP contribution < -0.4 is 4.73 Å². The van der Waals surface area contributed by atoms with Gasteiger partial charge in [-0.25, -0.2) is 0 Å². The van der Waals surface area contributed by atoms with E-state index in [1.54, 1.807) is 0 Å². The SMILES string of the molecule is [2H]c1c([2H])c([2H])c2c(c(O)cc(CCCCCCC)[n+]2[O-])c1[2H]. The number of hydrogen-bond donors (Lipinski definition) is 1. The second-order valence-electron chi connectivity index (χ2n) is 4.70. The molecule has 0 bridgehead atoms. The van der Waals surface area contributed by atoms with Crippen LogP contribution >= 0.6 is 0 Å². The van der Waals surface area contributed by atoms with Crippen LogP contribution in [-0.2, 0) is 6.42 Å². The molecule has 0 atom stereocenters. The molecule has 0 unspecified atom stereocenters. The summed E-state index contributed by atoms with van der Waals surface area (Å²) in [5.41, 5.74) is 0.135. The van der Waals surface area contributed by atoms with Crippen molar-refractivity contribution in [2.45, 2.75) is 45.4 Å². The van der Waals surface area contributed by atoms with Gasteiger partial charge in [0.25, 0.3) is 0 Å². The lowest BCUT2D eigenvalue weighted by Crippen LogP contribution is -2.32. The van der Waals surface area contributed by atoms with Crippen molar-refractivity contribution >= 4 is 10.9 Å². The summed E-state index contributed by atoms with van der Waals surface area (Å²) < 4.78 is 31.6. The summed E-state index contributed by atoms with van der Waals surface area (Å²) >= 11 is 0. The minimum atomic E-state index is -0.466. The molecule has 0 amide bonds. The van der Waals surface area contributed by atoms with Crippen molar-refractivity contribution in [3.8, 4) is 5.75 Å². The summed E-state index contributed by atoms with van der Waals surface area (Å²) in [5, 5.41) is 22.5. The predicted octanol–water partition coefficient (Wildman–Crippen LogP) is 3.69. The van der Waals surface area contributed by atoms with Gasteiger partial charge < -0.3 is 10.3 Å². The molecule has 102 valence electrons. The number of pyridine rings is 1. The molecule has 1 aromatic heterocycles. The van der Waals surface area contributed by atoms with E-state index in [1.165, 1.54) is 6.07 Å². The molecule has 0 fully saturated rings. The number of unbranched alkanes of at least 4 members (excludes halogenated alkanes) is 4. The van der Waals surface area contributed by atoms with Crippen molar-refractivity contribution in [3.63, 3.8) is 0 Å². The summed E-state index contributed by atoms with van der Waals surface area (Å²) in [5.74, 6) is -0.275. The van der Waals surface area contributed by atoms with Crippen LogP contribution in [0.15, 0.2) is 30.2 Å². The third-order valence-electron chi connectivity index (χ3n) is 3.23. The first-order chi connectivity index (χ1) is 10.9. The standard InChI is InChI=1S/C16H21NO2/c1-2-3-4-5-6-9-13-12-16(18)14-10-7-8-11-15(14)17(13)19/h7-8,10-12,18H,2-6,9H2,1H3/i7D,8D,10D,11D. The Hall–Kier alpha value is -1.77. The molecular weight excluding hydrogens is 238 g/mol. The molecule has 3 heteroatoms. The Bertz CT molecular complexity index is 734. The van der Waals surface area contributed by atoms with Crippen molar-refractivity contribution in [2.24, 2.45) is 0 Å². The third-order valence-corrected chi connectivity index (χ3v) is 3.23. The van der Waals surface area contributed by atoms with E-state index in [0.717, 1.165) is 32.1 Å². The number of aromatic hydroxyl groups is 1. The molecule has 0 aliphatic carbocycles. The Labute approximate surface area is 119 Å². The zero-order valence-electron chi connectivity index (χ0n) is 15.1. The second kappa shape index (κ2) is 6.41. The van der Waals surface area contributed by atoms with Gasteiger partial charge in [-0.1, -0.05) is 44.7 Å². The van der Waals surface area contributed by atoms with Crippen molar-refractivity contribution in [1.82, 2.24) is 0 Å². The Balaban J connectivity index is 2.44. The first kappa shape index (κ1) is 9.18. The molecule has 2 aromatic rings. The fraction of sp³-hybridized carbons (Fsp3) is 0.438. The average molecular weight is 263 g/mol. The van der Waals surface area contributed by atoms with Crippen molar-refractivity contribution < 1.29 is 15.3 Å². The van der Waals surface area contributed by atoms with Gasteiger partial charge in [0.1, 0.15) is 5.75 Å². The number of hydrogen-bond acceptors (Lipinski definition) is 2. The lowest BCUT2D eigenvalue weighted by Gasteiger charge is -2.09. The second-order valence-corrected chi connectivity index (χ2v) is 4.70. The minimum absolute atomic E-state index is 0.124. The number of aromatic nitrogens is 1. The minimum Gasteiger partial charge on any atom is -0.618 e. The van der Waals surface area contributed by atoms with Gasteiger partial charge in [0, 0.05) is 18.5 Å². The Morgan fingerprint density at radius 1 is 1.21 bits per heavy atom. The lowest BCUT2D eigenvalue weighted by atomic mass is 10.1. The lowest BCUT2D eigenvalue weighted by molar-refractivity contribution is -0.586. The number of aryl methyl sites for hydroxylation is 1. The number of fused-ring (bicyclic) bond motifs is 1. The van der Waals surface area contributed by atoms with Gasteiger partial charge in [-0.15, -0.1) is 0 Å². The van der Waals surface area contributed by atoms with Gasteiger partial charge in [-0.05, 0) is 12.5 Å². The van der Waals surface area contributed by atoms with Crippen LogP contribution in [0.25, 0.3) is 10.9 Å². The highest BCUT2D eigenvalue weighted by Crippen LogP contribution is 2.23. The van der Waals surface area contributed by atoms with Crippen LogP contribution in [0, 0.1) is 5.21 Å². The predicted molar refractivity (Wildman–Crippen MR) is 77.0 cm³/mol. The van der Waals surface area contributed by atoms with Crippen LogP contribution in [0.2, 0.25) is 0 Å². The maximum Gasteiger partial charge on any atom is 0.227 e. The number of para-hydroxylation sites is 1. The topological polar surface area (TPSA) is 47.2 Å². The van der Waals surface area contributed by atoms with Gasteiger partial charge in [0.05, 0.1) is 10.9 Å². The van der Waals surface area contributed by atoms with E-state index in [1.807, 2.05) is 0 Å². The van der Waals surface area contributed by atoms with E-state index in [4.69, 9.17) is 5.48 Å². The summed E-state index contributed by atoms with van der Waals surface area (Å²) in [6, 6.07) is -0.413. The quantitative estimate of drug-likeness (QED) is 0.491. The van der Waals surface area contributed by atoms with Gasteiger partial charge in [0.2, 0.25) is 5.52 Å². The highest BCUT2D eigenvalue weighted by atomic mass is 16.5. The van der Waals surface area contributed by atoms with Crippen molar-refractivity contribution in [1.29, 1.82) is 0 Å². The first-order valence-corrected chi connectivity index (χ1v) is 6.74. The molecule has 0 aliphatic heterocycles. The van der Waals surface area contributed by atoms with E-state index in [9.17, 15) is 10.3 Å². The normalized spacial score (nSPS) is 13.9. The smallest absolute Gasteiger partial charge is 0.227 e. The van der Waals surface area contributed by atoms with Crippen LogP contribution in [0.4, 0.5) is 0 Å². The van der Waals surface area contributed by atoms with E-state index in [0.29, 0.717) is 16.8 Å². The molecule has 0 saturated carbocycles. The molecule has 0 spiro atoms. The number of nitrogens with zero attached hydrogens (tertiary/aromatic N) is 1. The Kier molecular flexibility index (Phi) is 3.10. The molecule has 0 aliphatic rings. The van der Waals surface area contributed by atoms with Crippen LogP contribution in [0.1, 0.15) is 50.2 Å². The summed E-state index contributed by atoms with van der Waals surface area (Å²) in [6.45, 7) is 2.13. The summed E-state index contributed by atoms with van der Waals surface area (Å²) in [6.07, 6.45) is 5.63. The van der Waals surface area contributed by atoms with Gasteiger partial charge in [0.15, 0.2) is 5.69 Å². The summed E-state index contributed by atoms with van der Waals surface area (Å²) in [4.78, 5) is 0. The largest absolute Gasteiger partial charge is 0.618 e. The first-order valence-electron chi connectivity index (χ1n) is 8.74. The number of rotatable bonds is 6. The number of benzene rings is 1. The zero-order valence-corrected chi connectivity index (χ0v) is 11.1. The van der Waals surface area contributed by atoms with E-state index >= 15 is 0 Å². The fourth-order valence-corrected chi connectivity index (χ4v) is 2.16. The van der Waals surface area contributed by atoms with Gasteiger partial charge >= 0.3 is 0 Å².